The van der Waals surface area contributed by atoms with E-state index in [1.54, 1.807) is 24.3 Å². The first kappa shape index (κ1) is 21.8. The van der Waals surface area contributed by atoms with Crippen LogP contribution in [0.3, 0.4) is 0 Å². The Hall–Kier alpha value is -2.87. The molecule has 0 spiro atoms. The highest BCUT2D eigenvalue weighted by atomic mass is 32.1. The number of aryl methyl sites for hydroxylation is 1. The van der Waals surface area contributed by atoms with Crippen molar-refractivity contribution in [2.45, 2.75) is 46.1 Å². The number of thiophene rings is 1. The maximum Gasteiger partial charge on any atom is 0.255 e. The van der Waals surface area contributed by atoms with Crippen LogP contribution in [0.15, 0.2) is 24.3 Å². The van der Waals surface area contributed by atoms with Crippen molar-refractivity contribution in [3.05, 3.63) is 45.8 Å². The van der Waals surface area contributed by atoms with Gasteiger partial charge in [0.25, 0.3) is 11.8 Å². The predicted octanol–water partition coefficient (Wildman–Crippen LogP) is 3.13. The molecule has 0 bridgehead atoms. The van der Waals surface area contributed by atoms with Crippen molar-refractivity contribution in [2.24, 2.45) is 11.7 Å². The molecule has 0 aliphatic heterocycles. The summed E-state index contributed by atoms with van der Waals surface area (Å²) in [7, 11) is 0. The van der Waals surface area contributed by atoms with Crippen LogP contribution in [0.5, 0.6) is 5.75 Å². The summed E-state index contributed by atoms with van der Waals surface area (Å²) < 4.78 is 5.52. The standard InChI is InChI=1S/C22H27N3O4S/c1-4-29-15-10-6-5-8-13(15)20(27)24-18(12(2)3)21(28)25-22-17(19(23)26)14-9-7-11-16(14)30-22/h5-6,8,10,12,18H,4,7,9,11H2,1-3H3,(H2,23,26)(H,24,27)(H,25,28)/t18-/m1/s1. The van der Waals surface area contributed by atoms with Gasteiger partial charge >= 0.3 is 0 Å². The molecule has 8 heteroatoms. The quantitative estimate of drug-likeness (QED) is 0.599. The average molecular weight is 430 g/mol. The molecule has 30 heavy (non-hydrogen) atoms. The van der Waals surface area contributed by atoms with Gasteiger partial charge in [0.2, 0.25) is 5.91 Å². The third-order valence-electron chi connectivity index (χ3n) is 5.07. The van der Waals surface area contributed by atoms with E-state index in [0.29, 0.717) is 28.5 Å². The second-order valence-corrected chi connectivity index (χ2v) is 8.64. The molecule has 160 valence electrons. The van der Waals surface area contributed by atoms with Gasteiger partial charge in [0.1, 0.15) is 16.8 Å². The zero-order chi connectivity index (χ0) is 21.8. The number of para-hydroxylation sites is 1. The summed E-state index contributed by atoms with van der Waals surface area (Å²) >= 11 is 1.39. The van der Waals surface area contributed by atoms with Crippen molar-refractivity contribution in [2.75, 3.05) is 11.9 Å². The molecule has 4 N–H and O–H groups in total. The lowest BCUT2D eigenvalue weighted by Crippen LogP contribution is -2.47. The minimum Gasteiger partial charge on any atom is -0.493 e. The Bertz CT molecular complexity index is 967. The molecule has 3 amide bonds. The lowest BCUT2D eigenvalue weighted by Gasteiger charge is -2.22. The fourth-order valence-electron chi connectivity index (χ4n) is 3.63. The number of amides is 3. The van der Waals surface area contributed by atoms with Gasteiger partial charge in [-0.25, -0.2) is 0 Å². The van der Waals surface area contributed by atoms with Gasteiger partial charge in [0.15, 0.2) is 0 Å². The Morgan fingerprint density at radius 2 is 1.93 bits per heavy atom. The molecule has 1 aromatic heterocycles. The summed E-state index contributed by atoms with van der Waals surface area (Å²) in [6.45, 7) is 5.97. The van der Waals surface area contributed by atoms with Crippen LogP contribution in [0.4, 0.5) is 5.00 Å². The number of rotatable bonds is 8. The fourth-order valence-corrected chi connectivity index (χ4v) is 4.93. The van der Waals surface area contributed by atoms with Crippen LogP contribution in [0.25, 0.3) is 0 Å². The number of benzene rings is 1. The van der Waals surface area contributed by atoms with Crippen molar-refractivity contribution >= 4 is 34.1 Å². The third-order valence-corrected chi connectivity index (χ3v) is 6.28. The largest absolute Gasteiger partial charge is 0.493 e. The number of primary amides is 1. The molecule has 1 aliphatic carbocycles. The van der Waals surface area contributed by atoms with Crippen LogP contribution in [0.2, 0.25) is 0 Å². The van der Waals surface area contributed by atoms with E-state index in [1.165, 1.54) is 11.3 Å². The molecule has 2 aromatic rings. The van der Waals surface area contributed by atoms with Gasteiger partial charge in [-0.15, -0.1) is 11.3 Å². The summed E-state index contributed by atoms with van der Waals surface area (Å²) in [5.41, 5.74) is 7.29. The van der Waals surface area contributed by atoms with E-state index in [-0.39, 0.29) is 11.8 Å². The molecular weight excluding hydrogens is 402 g/mol. The number of carbonyl (C=O) groups is 3. The molecule has 0 saturated carbocycles. The van der Waals surface area contributed by atoms with Gasteiger partial charge in [-0.3, -0.25) is 14.4 Å². The lowest BCUT2D eigenvalue weighted by molar-refractivity contribution is -0.118. The molecular formula is C22H27N3O4S. The van der Waals surface area contributed by atoms with E-state index in [2.05, 4.69) is 10.6 Å². The fraction of sp³-hybridized carbons (Fsp3) is 0.409. The zero-order valence-electron chi connectivity index (χ0n) is 17.4. The summed E-state index contributed by atoms with van der Waals surface area (Å²) in [5.74, 6) is -1.02. The molecule has 0 radical (unpaired) electrons. The first-order valence-electron chi connectivity index (χ1n) is 10.1. The number of carbonyl (C=O) groups excluding carboxylic acids is 3. The number of ether oxygens (including phenoxy) is 1. The van der Waals surface area contributed by atoms with Crippen LogP contribution in [-0.2, 0) is 17.6 Å². The van der Waals surface area contributed by atoms with Crippen molar-refractivity contribution in [3.63, 3.8) is 0 Å². The molecule has 1 heterocycles. The number of fused-ring (bicyclic) bond motifs is 1. The van der Waals surface area contributed by atoms with Crippen molar-refractivity contribution in [1.82, 2.24) is 5.32 Å². The van der Waals surface area contributed by atoms with E-state index in [1.807, 2.05) is 20.8 Å². The third kappa shape index (κ3) is 4.48. The zero-order valence-corrected chi connectivity index (χ0v) is 18.2. The topological polar surface area (TPSA) is 111 Å². The number of nitrogens with one attached hydrogen (secondary N) is 2. The van der Waals surface area contributed by atoms with E-state index in [0.717, 1.165) is 29.7 Å². The molecule has 0 unspecified atom stereocenters. The minimum atomic E-state index is -0.787. The Labute approximate surface area is 180 Å². The summed E-state index contributed by atoms with van der Waals surface area (Å²) in [6, 6.07) is 6.12. The van der Waals surface area contributed by atoms with Crippen molar-refractivity contribution in [1.29, 1.82) is 0 Å². The first-order valence-corrected chi connectivity index (χ1v) is 10.9. The van der Waals surface area contributed by atoms with Gasteiger partial charge in [-0.2, -0.15) is 0 Å². The molecule has 3 rings (SSSR count). The van der Waals surface area contributed by atoms with E-state index >= 15 is 0 Å². The number of hydrogen-bond acceptors (Lipinski definition) is 5. The van der Waals surface area contributed by atoms with Crippen molar-refractivity contribution < 1.29 is 19.1 Å². The van der Waals surface area contributed by atoms with Gasteiger partial charge in [0, 0.05) is 4.88 Å². The number of nitrogens with two attached hydrogens (primary N) is 1. The van der Waals surface area contributed by atoms with Gasteiger partial charge in [-0.1, -0.05) is 26.0 Å². The molecule has 0 saturated heterocycles. The SMILES string of the molecule is CCOc1ccccc1C(=O)N[C@@H](C(=O)Nc1sc2c(c1C(N)=O)CCC2)C(C)C. The van der Waals surface area contributed by atoms with E-state index in [9.17, 15) is 14.4 Å². The Kier molecular flexibility index (Phi) is 6.77. The highest BCUT2D eigenvalue weighted by Crippen LogP contribution is 2.39. The molecule has 1 atom stereocenters. The highest BCUT2D eigenvalue weighted by molar-refractivity contribution is 7.17. The van der Waals surface area contributed by atoms with Crippen molar-refractivity contribution in [3.8, 4) is 5.75 Å². The summed E-state index contributed by atoms with van der Waals surface area (Å²) in [4.78, 5) is 39.0. The second kappa shape index (κ2) is 9.30. The van der Waals surface area contributed by atoms with Gasteiger partial charge in [0.05, 0.1) is 17.7 Å². The highest BCUT2D eigenvalue weighted by Gasteiger charge is 2.30. The lowest BCUT2D eigenvalue weighted by atomic mass is 10.0. The average Bonchev–Trinajstić information content (AvgIpc) is 3.26. The van der Waals surface area contributed by atoms with E-state index in [4.69, 9.17) is 10.5 Å². The monoisotopic (exact) mass is 429 g/mol. The smallest absolute Gasteiger partial charge is 0.255 e. The van der Waals surface area contributed by atoms with Crippen LogP contribution in [0, 0.1) is 5.92 Å². The molecule has 0 fully saturated rings. The molecule has 7 nitrogen and oxygen atoms in total. The maximum atomic E-state index is 13.0. The minimum absolute atomic E-state index is 0.169. The van der Waals surface area contributed by atoms with Crippen LogP contribution in [-0.4, -0.2) is 30.4 Å². The second-order valence-electron chi connectivity index (χ2n) is 7.54. The Balaban J connectivity index is 1.80. The van der Waals surface area contributed by atoms with E-state index < -0.39 is 17.9 Å². The molecule has 1 aromatic carbocycles. The van der Waals surface area contributed by atoms with Crippen LogP contribution >= 0.6 is 11.3 Å². The van der Waals surface area contributed by atoms with Crippen LogP contribution in [0.1, 0.15) is 58.3 Å². The number of anilines is 1. The van der Waals surface area contributed by atoms with Gasteiger partial charge in [-0.05, 0) is 49.8 Å². The number of hydrogen-bond donors (Lipinski definition) is 3. The van der Waals surface area contributed by atoms with Crippen LogP contribution < -0.4 is 21.1 Å². The summed E-state index contributed by atoms with van der Waals surface area (Å²) in [6.07, 6.45) is 2.66. The Morgan fingerprint density at radius 1 is 1.20 bits per heavy atom. The normalized spacial score (nSPS) is 13.6. The predicted molar refractivity (Wildman–Crippen MR) is 117 cm³/mol. The van der Waals surface area contributed by atoms with Gasteiger partial charge < -0.3 is 21.1 Å². The molecule has 1 aliphatic rings. The summed E-state index contributed by atoms with van der Waals surface area (Å²) in [5, 5.41) is 6.10. The first-order chi connectivity index (χ1) is 14.3. The Morgan fingerprint density at radius 3 is 2.60 bits per heavy atom. The maximum absolute atomic E-state index is 13.0.